The summed E-state index contributed by atoms with van der Waals surface area (Å²) in [4.78, 5) is 11.7. The summed E-state index contributed by atoms with van der Waals surface area (Å²) in [6, 6.07) is 14.3. The highest BCUT2D eigenvalue weighted by Crippen LogP contribution is 2.18. The van der Waals surface area contributed by atoms with Crippen LogP contribution in [0.2, 0.25) is 0 Å². The number of carbonyl (C=O) groups is 1. The molecular formula is C15H14BrFN2O. The lowest BCUT2D eigenvalue weighted by Gasteiger charge is -2.09. The van der Waals surface area contributed by atoms with Crippen LogP contribution in [0.1, 0.15) is 5.56 Å². The van der Waals surface area contributed by atoms with Gasteiger partial charge in [0.25, 0.3) is 0 Å². The van der Waals surface area contributed by atoms with E-state index in [2.05, 4.69) is 26.6 Å². The van der Waals surface area contributed by atoms with E-state index in [4.69, 9.17) is 0 Å². The summed E-state index contributed by atoms with van der Waals surface area (Å²) in [5, 5.41) is 5.54. The zero-order valence-corrected chi connectivity index (χ0v) is 12.3. The van der Waals surface area contributed by atoms with Crippen LogP contribution in [0.5, 0.6) is 0 Å². The number of rotatable bonds is 5. The van der Waals surface area contributed by atoms with Crippen LogP contribution in [0.15, 0.2) is 53.0 Å². The minimum absolute atomic E-state index is 0.0331. The topological polar surface area (TPSA) is 41.1 Å². The summed E-state index contributed by atoms with van der Waals surface area (Å²) in [6.07, 6.45) is 0. The third-order valence-corrected chi connectivity index (χ3v) is 3.20. The van der Waals surface area contributed by atoms with Gasteiger partial charge in [0.1, 0.15) is 5.82 Å². The Hall–Kier alpha value is -1.88. The largest absolute Gasteiger partial charge is 0.374 e. The smallest absolute Gasteiger partial charge is 0.239 e. The van der Waals surface area contributed by atoms with Gasteiger partial charge in [-0.3, -0.25) is 4.79 Å². The Labute approximate surface area is 125 Å². The third-order valence-electron chi connectivity index (χ3n) is 2.70. The fraction of sp³-hybridized carbons (Fsp3) is 0.133. The summed E-state index contributed by atoms with van der Waals surface area (Å²) in [6.45, 7) is 0.496. The van der Waals surface area contributed by atoms with Gasteiger partial charge in [-0.05, 0) is 23.8 Å². The van der Waals surface area contributed by atoms with E-state index in [1.807, 2.05) is 30.3 Å². The van der Waals surface area contributed by atoms with Crippen molar-refractivity contribution in [2.75, 3.05) is 11.9 Å². The molecule has 5 heteroatoms. The van der Waals surface area contributed by atoms with E-state index in [9.17, 15) is 9.18 Å². The fourth-order valence-corrected chi connectivity index (χ4v) is 2.00. The van der Waals surface area contributed by atoms with Crippen molar-refractivity contribution in [2.45, 2.75) is 6.54 Å². The number of benzene rings is 2. The number of carbonyl (C=O) groups excluding carboxylic acids is 1. The van der Waals surface area contributed by atoms with Gasteiger partial charge in [0, 0.05) is 11.0 Å². The molecule has 0 aliphatic rings. The van der Waals surface area contributed by atoms with E-state index in [1.54, 1.807) is 12.1 Å². The van der Waals surface area contributed by atoms with Crippen LogP contribution in [0.3, 0.4) is 0 Å². The van der Waals surface area contributed by atoms with Crippen LogP contribution in [0.4, 0.5) is 10.1 Å². The van der Waals surface area contributed by atoms with Crippen molar-refractivity contribution < 1.29 is 9.18 Å². The van der Waals surface area contributed by atoms with Gasteiger partial charge in [0.15, 0.2) is 0 Å². The number of hydrogen-bond acceptors (Lipinski definition) is 2. The predicted molar refractivity (Wildman–Crippen MR) is 80.9 cm³/mol. The fourth-order valence-electron chi connectivity index (χ4n) is 1.67. The summed E-state index contributed by atoms with van der Waals surface area (Å²) in [5.41, 5.74) is 1.33. The lowest BCUT2D eigenvalue weighted by atomic mass is 10.2. The first-order valence-electron chi connectivity index (χ1n) is 6.15. The van der Waals surface area contributed by atoms with Crippen molar-refractivity contribution in [3.63, 3.8) is 0 Å². The Morgan fingerprint density at radius 3 is 2.60 bits per heavy atom. The monoisotopic (exact) mass is 336 g/mol. The van der Waals surface area contributed by atoms with Crippen molar-refractivity contribution >= 4 is 27.5 Å². The zero-order chi connectivity index (χ0) is 14.4. The van der Waals surface area contributed by atoms with Crippen LogP contribution >= 0.6 is 15.9 Å². The van der Waals surface area contributed by atoms with Crippen molar-refractivity contribution in [2.24, 2.45) is 0 Å². The number of amides is 1. The Balaban J connectivity index is 1.80. The third kappa shape index (κ3) is 4.35. The van der Waals surface area contributed by atoms with Crippen molar-refractivity contribution in [1.29, 1.82) is 0 Å². The molecule has 1 amide bonds. The number of nitrogens with one attached hydrogen (secondary N) is 2. The number of halogens is 2. The van der Waals surface area contributed by atoms with Crippen LogP contribution in [-0.4, -0.2) is 12.5 Å². The SMILES string of the molecule is O=C(CNc1ccc(Br)cc1F)NCc1ccccc1. The molecule has 0 atom stereocenters. The first kappa shape index (κ1) is 14.5. The molecule has 0 spiro atoms. The van der Waals surface area contributed by atoms with Gasteiger partial charge in [-0.2, -0.15) is 0 Å². The van der Waals surface area contributed by atoms with E-state index in [0.717, 1.165) is 5.56 Å². The first-order chi connectivity index (χ1) is 9.65. The molecule has 2 aromatic rings. The predicted octanol–water partition coefficient (Wildman–Crippen LogP) is 3.32. The molecule has 0 radical (unpaired) electrons. The first-order valence-corrected chi connectivity index (χ1v) is 6.94. The highest BCUT2D eigenvalue weighted by molar-refractivity contribution is 9.10. The van der Waals surface area contributed by atoms with Gasteiger partial charge in [-0.15, -0.1) is 0 Å². The highest BCUT2D eigenvalue weighted by atomic mass is 79.9. The molecule has 2 rings (SSSR count). The molecule has 3 nitrogen and oxygen atoms in total. The van der Waals surface area contributed by atoms with E-state index >= 15 is 0 Å². The molecule has 0 aliphatic carbocycles. The lowest BCUT2D eigenvalue weighted by molar-refractivity contribution is -0.119. The van der Waals surface area contributed by atoms with E-state index in [-0.39, 0.29) is 12.5 Å². The average Bonchev–Trinajstić information content (AvgIpc) is 2.45. The summed E-state index contributed by atoms with van der Waals surface area (Å²) in [7, 11) is 0. The molecule has 20 heavy (non-hydrogen) atoms. The summed E-state index contributed by atoms with van der Waals surface area (Å²) < 4.78 is 14.2. The quantitative estimate of drug-likeness (QED) is 0.879. The van der Waals surface area contributed by atoms with Gasteiger partial charge >= 0.3 is 0 Å². The van der Waals surface area contributed by atoms with E-state index in [1.165, 1.54) is 6.07 Å². The molecule has 2 N–H and O–H groups in total. The van der Waals surface area contributed by atoms with Crippen molar-refractivity contribution in [3.8, 4) is 0 Å². The Morgan fingerprint density at radius 2 is 1.90 bits per heavy atom. The van der Waals surface area contributed by atoms with Gasteiger partial charge in [0.2, 0.25) is 5.91 Å². The van der Waals surface area contributed by atoms with Gasteiger partial charge in [0.05, 0.1) is 12.2 Å². The van der Waals surface area contributed by atoms with Gasteiger partial charge in [-0.25, -0.2) is 4.39 Å². The molecule has 0 fully saturated rings. The van der Waals surface area contributed by atoms with E-state index in [0.29, 0.717) is 16.7 Å². The lowest BCUT2D eigenvalue weighted by Crippen LogP contribution is -2.29. The molecular weight excluding hydrogens is 323 g/mol. The standard InChI is InChI=1S/C15H14BrFN2O/c16-12-6-7-14(13(17)8-12)18-10-15(20)19-9-11-4-2-1-3-5-11/h1-8,18H,9-10H2,(H,19,20). The Morgan fingerprint density at radius 1 is 1.15 bits per heavy atom. The normalized spacial score (nSPS) is 10.1. The molecule has 0 unspecified atom stereocenters. The molecule has 0 bridgehead atoms. The molecule has 0 saturated heterocycles. The number of anilines is 1. The molecule has 2 aromatic carbocycles. The summed E-state index contributed by atoms with van der Waals surface area (Å²) >= 11 is 3.18. The molecule has 0 saturated carbocycles. The average molecular weight is 337 g/mol. The van der Waals surface area contributed by atoms with E-state index < -0.39 is 5.82 Å². The minimum atomic E-state index is -0.393. The van der Waals surface area contributed by atoms with Crippen molar-refractivity contribution in [3.05, 3.63) is 64.4 Å². The maximum atomic E-state index is 13.5. The molecule has 0 heterocycles. The highest BCUT2D eigenvalue weighted by Gasteiger charge is 2.05. The second kappa shape index (κ2) is 7.05. The zero-order valence-electron chi connectivity index (χ0n) is 10.7. The maximum absolute atomic E-state index is 13.5. The van der Waals surface area contributed by atoms with Crippen LogP contribution in [0, 0.1) is 5.82 Å². The van der Waals surface area contributed by atoms with Crippen LogP contribution < -0.4 is 10.6 Å². The second-order valence-electron chi connectivity index (χ2n) is 4.24. The minimum Gasteiger partial charge on any atom is -0.374 e. The number of hydrogen-bond donors (Lipinski definition) is 2. The second-order valence-corrected chi connectivity index (χ2v) is 5.16. The van der Waals surface area contributed by atoms with Gasteiger partial charge < -0.3 is 10.6 Å². The molecule has 104 valence electrons. The van der Waals surface area contributed by atoms with Gasteiger partial charge in [-0.1, -0.05) is 46.3 Å². The molecule has 0 aliphatic heterocycles. The maximum Gasteiger partial charge on any atom is 0.239 e. The Kier molecular flexibility index (Phi) is 5.12. The van der Waals surface area contributed by atoms with Crippen LogP contribution in [-0.2, 0) is 11.3 Å². The molecule has 0 aromatic heterocycles. The Bertz CT molecular complexity index is 590. The van der Waals surface area contributed by atoms with Crippen molar-refractivity contribution in [1.82, 2.24) is 5.32 Å². The summed E-state index contributed by atoms with van der Waals surface area (Å²) in [5.74, 6) is -0.577. The van der Waals surface area contributed by atoms with Crippen LogP contribution in [0.25, 0.3) is 0 Å².